The molecule has 0 aliphatic carbocycles. The van der Waals surface area contributed by atoms with Crippen LogP contribution in [0.3, 0.4) is 0 Å². The highest BCUT2D eigenvalue weighted by Crippen LogP contribution is 2.22. The minimum atomic E-state index is -3.52. The monoisotopic (exact) mass is 429 g/mol. The van der Waals surface area contributed by atoms with Gasteiger partial charge in [0, 0.05) is 36.4 Å². The van der Waals surface area contributed by atoms with Gasteiger partial charge < -0.3 is 10.6 Å². The second-order valence-corrected chi connectivity index (χ2v) is 9.22. The Morgan fingerprint density at radius 3 is 2.20 bits per heavy atom. The first kappa shape index (κ1) is 22.0. The number of anilines is 2. The number of carbonyl (C=O) groups is 2. The molecule has 2 aromatic rings. The average molecular weight is 430 g/mol. The Morgan fingerprint density at radius 1 is 0.900 bits per heavy atom. The Hall–Kier alpha value is -2.71. The van der Waals surface area contributed by atoms with Crippen molar-refractivity contribution in [2.75, 3.05) is 23.7 Å². The third-order valence-electron chi connectivity index (χ3n) is 5.04. The quantitative estimate of drug-likeness (QED) is 0.729. The first-order valence-corrected chi connectivity index (χ1v) is 11.7. The van der Waals surface area contributed by atoms with Crippen LogP contribution in [0.1, 0.15) is 49.4 Å². The lowest BCUT2D eigenvalue weighted by Gasteiger charge is -2.20. The van der Waals surface area contributed by atoms with Crippen molar-refractivity contribution in [2.45, 2.75) is 43.9 Å². The topological polar surface area (TPSA) is 95.6 Å². The normalized spacial score (nSPS) is 15.2. The van der Waals surface area contributed by atoms with E-state index in [9.17, 15) is 18.0 Å². The van der Waals surface area contributed by atoms with E-state index >= 15 is 0 Å². The highest BCUT2D eigenvalue weighted by Gasteiger charge is 2.25. The van der Waals surface area contributed by atoms with Gasteiger partial charge in [0.1, 0.15) is 0 Å². The molecular weight excluding hydrogens is 402 g/mol. The number of sulfonamides is 1. The number of hydrogen-bond acceptors (Lipinski definition) is 4. The minimum Gasteiger partial charge on any atom is -0.326 e. The molecule has 1 fully saturated rings. The lowest BCUT2D eigenvalue weighted by atomic mass is 10.1. The van der Waals surface area contributed by atoms with E-state index in [1.54, 1.807) is 47.6 Å². The molecule has 0 atom stereocenters. The predicted octanol–water partition coefficient (Wildman–Crippen LogP) is 3.85. The zero-order valence-electron chi connectivity index (χ0n) is 17.1. The van der Waals surface area contributed by atoms with Crippen LogP contribution in [0.4, 0.5) is 11.4 Å². The summed E-state index contributed by atoms with van der Waals surface area (Å²) < 4.78 is 27.2. The molecule has 1 aliphatic rings. The molecular formula is C22H27N3O4S. The van der Waals surface area contributed by atoms with Gasteiger partial charge in [-0.1, -0.05) is 25.8 Å². The van der Waals surface area contributed by atoms with E-state index in [2.05, 4.69) is 10.6 Å². The van der Waals surface area contributed by atoms with Gasteiger partial charge in [0.15, 0.2) is 0 Å². The first-order valence-electron chi connectivity index (χ1n) is 10.2. The number of carbonyl (C=O) groups excluding carboxylic acids is 2. The number of nitrogens with zero attached hydrogens (tertiary/aromatic N) is 1. The van der Waals surface area contributed by atoms with E-state index in [0.717, 1.165) is 25.7 Å². The second-order valence-electron chi connectivity index (χ2n) is 7.28. The van der Waals surface area contributed by atoms with Gasteiger partial charge in [-0.3, -0.25) is 9.59 Å². The molecule has 0 saturated carbocycles. The zero-order valence-corrected chi connectivity index (χ0v) is 17.9. The van der Waals surface area contributed by atoms with Crippen LogP contribution >= 0.6 is 0 Å². The van der Waals surface area contributed by atoms with E-state index in [0.29, 0.717) is 36.4 Å². The average Bonchev–Trinajstić information content (AvgIpc) is 3.04. The maximum atomic E-state index is 12.8. The number of benzene rings is 2. The van der Waals surface area contributed by atoms with Gasteiger partial charge in [0.05, 0.1) is 4.90 Å². The zero-order chi connectivity index (χ0) is 21.6. The predicted molar refractivity (Wildman–Crippen MR) is 117 cm³/mol. The maximum Gasteiger partial charge on any atom is 0.255 e. The summed E-state index contributed by atoms with van der Waals surface area (Å²) in [4.78, 5) is 24.3. The fraction of sp³-hybridized carbons (Fsp3) is 0.364. The summed E-state index contributed by atoms with van der Waals surface area (Å²) >= 11 is 0. The molecule has 2 aromatic carbocycles. The van der Waals surface area contributed by atoms with Gasteiger partial charge in [0.2, 0.25) is 15.9 Å². The van der Waals surface area contributed by atoms with Crippen LogP contribution in [-0.4, -0.2) is 37.6 Å². The third-order valence-corrected chi connectivity index (χ3v) is 6.96. The molecule has 0 radical (unpaired) electrons. The van der Waals surface area contributed by atoms with Crippen LogP contribution in [0.2, 0.25) is 0 Å². The van der Waals surface area contributed by atoms with E-state index in [-0.39, 0.29) is 16.7 Å². The molecule has 7 nitrogen and oxygen atoms in total. The molecule has 0 spiro atoms. The molecule has 1 saturated heterocycles. The highest BCUT2D eigenvalue weighted by molar-refractivity contribution is 7.89. The fourth-order valence-electron chi connectivity index (χ4n) is 3.33. The number of hydrogen-bond donors (Lipinski definition) is 2. The Kier molecular flexibility index (Phi) is 7.23. The molecule has 2 amide bonds. The van der Waals surface area contributed by atoms with Crippen molar-refractivity contribution < 1.29 is 18.0 Å². The van der Waals surface area contributed by atoms with Crippen molar-refractivity contribution in [3.63, 3.8) is 0 Å². The molecule has 8 heteroatoms. The van der Waals surface area contributed by atoms with Gasteiger partial charge >= 0.3 is 0 Å². The Balaban J connectivity index is 1.69. The molecule has 1 aliphatic heterocycles. The lowest BCUT2D eigenvalue weighted by Crippen LogP contribution is -2.31. The molecule has 2 N–H and O–H groups in total. The van der Waals surface area contributed by atoms with Crippen LogP contribution in [0, 0.1) is 0 Å². The summed E-state index contributed by atoms with van der Waals surface area (Å²) in [6.07, 6.45) is 4.22. The van der Waals surface area contributed by atoms with Crippen molar-refractivity contribution in [2.24, 2.45) is 0 Å². The van der Waals surface area contributed by atoms with Gasteiger partial charge in [-0.05, 0) is 55.3 Å². The molecule has 0 aromatic heterocycles. The lowest BCUT2D eigenvalue weighted by molar-refractivity contribution is -0.115. The third kappa shape index (κ3) is 5.46. The van der Waals surface area contributed by atoms with Crippen LogP contribution < -0.4 is 10.6 Å². The fourth-order valence-corrected chi connectivity index (χ4v) is 4.85. The smallest absolute Gasteiger partial charge is 0.255 e. The molecule has 1 heterocycles. The van der Waals surface area contributed by atoms with Crippen molar-refractivity contribution >= 4 is 33.2 Å². The maximum absolute atomic E-state index is 12.8. The van der Waals surface area contributed by atoms with E-state index in [1.807, 2.05) is 0 Å². The highest BCUT2D eigenvalue weighted by atomic mass is 32.2. The summed E-state index contributed by atoms with van der Waals surface area (Å²) in [5, 5.41) is 5.48. The standard InChI is InChI=1S/C22H27N3O4S/c1-2-21(26)23-19-9-7-8-17(16-19)22(27)24-18-10-12-20(13-11-18)30(28,29)25-14-5-3-4-6-15-25/h7-13,16H,2-6,14-15H2,1H3,(H,23,26)(H,24,27). The Labute approximate surface area is 177 Å². The Bertz CT molecular complexity index is 995. The van der Waals surface area contributed by atoms with Gasteiger partial charge in [-0.25, -0.2) is 8.42 Å². The van der Waals surface area contributed by atoms with Crippen LogP contribution in [0.5, 0.6) is 0 Å². The molecule has 0 unspecified atom stereocenters. The van der Waals surface area contributed by atoms with Crippen molar-refractivity contribution in [3.8, 4) is 0 Å². The summed E-state index contributed by atoms with van der Waals surface area (Å²) in [7, 11) is -3.52. The van der Waals surface area contributed by atoms with Crippen molar-refractivity contribution in [3.05, 3.63) is 54.1 Å². The van der Waals surface area contributed by atoms with Crippen LogP contribution in [-0.2, 0) is 14.8 Å². The number of nitrogens with one attached hydrogen (secondary N) is 2. The van der Waals surface area contributed by atoms with Crippen LogP contribution in [0.25, 0.3) is 0 Å². The molecule has 0 bridgehead atoms. The number of amides is 2. The summed E-state index contributed by atoms with van der Waals surface area (Å²) in [6, 6.07) is 12.9. The summed E-state index contributed by atoms with van der Waals surface area (Å²) in [5.74, 6) is -0.473. The van der Waals surface area contributed by atoms with E-state index in [1.165, 1.54) is 12.1 Å². The summed E-state index contributed by atoms with van der Waals surface area (Å²) in [5.41, 5.74) is 1.44. The number of rotatable bonds is 6. The molecule has 3 rings (SSSR count). The van der Waals surface area contributed by atoms with Gasteiger partial charge in [-0.15, -0.1) is 0 Å². The van der Waals surface area contributed by atoms with Crippen molar-refractivity contribution in [1.82, 2.24) is 4.31 Å². The van der Waals surface area contributed by atoms with Gasteiger partial charge in [-0.2, -0.15) is 4.31 Å². The van der Waals surface area contributed by atoms with Gasteiger partial charge in [0.25, 0.3) is 5.91 Å². The SMILES string of the molecule is CCC(=O)Nc1cccc(C(=O)Nc2ccc(S(=O)(=O)N3CCCCCC3)cc2)c1. The van der Waals surface area contributed by atoms with Crippen molar-refractivity contribution in [1.29, 1.82) is 0 Å². The second kappa shape index (κ2) is 9.86. The summed E-state index contributed by atoms with van der Waals surface area (Å²) in [6.45, 7) is 2.85. The Morgan fingerprint density at radius 2 is 1.57 bits per heavy atom. The van der Waals surface area contributed by atoms with Crippen LogP contribution in [0.15, 0.2) is 53.4 Å². The minimum absolute atomic E-state index is 0.131. The molecule has 160 valence electrons. The largest absolute Gasteiger partial charge is 0.326 e. The van der Waals surface area contributed by atoms with E-state index < -0.39 is 10.0 Å². The van der Waals surface area contributed by atoms with E-state index in [4.69, 9.17) is 0 Å². The first-order chi connectivity index (χ1) is 14.4. The molecule has 30 heavy (non-hydrogen) atoms.